The number of nitro groups is 1. The second kappa shape index (κ2) is 10.6. The molecule has 2 N–H and O–H groups in total. The van der Waals surface area contributed by atoms with Crippen LogP contribution in [0.5, 0.6) is 0 Å². The van der Waals surface area contributed by atoms with E-state index in [1.165, 1.54) is 27.6 Å². The van der Waals surface area contributed by atoms with Crippen LogP contribution in [-0.2, 0) is 13.1 Å². The molecular formula is C32H30N4O2. The number of aromatic nitrogens is 2. The van der Waals surface area contributed by atoms with Crippen molar-refractivity contribution in [2.75, 3.05) is 5.73 Å². The van der Waals surface area contributed by atoms with Gasteiger partial charge in [-0.1, -0.05) is 60.7 Å². The Balaban J connectivity index is 0.000000156. The first-order valence-electron chi connectivity index (χ1n) is 12.6. The molecule has 2 heterocycles. The number of nitrogens with two attached hydrogens (primary N) is 1. The largest absolute Gasteiger partial charge is 0.398 e. The van der Waals surface area contributed by atoms with Crippen LogP contribution in [0.4, 0.5) is 11.4 Å². The van der Waals surface area contributed by atoms with Crippen molar-refractivity contribution in [3.63, 3.8) is 0 Å². The molecule has 0 aliphatic heterocycles. The lowest BCUT2D eigenvalue weighted by Crippen LogP contribution is -1.98. The molecule has 0 saturated heterocycles. The van der Waals surface area contributed by atoms with Crippen molar-refractivity contribution in [1.29, 1.82) is 0 Å². The van der Waals surface area contributed by atoms with Crippen LogP contribution in [0, 0.1) is 24.0 Å². The fourth-order valence-electron chi connectivity index (χ4n) is 4.88. The van der Waals surface area contributed by atoms with Crippen LogP contribution >= 0.6 is 0 Å². The van der Waals surface area contributed by atoms with Gasteiger partial charge >= 0.3 is 0 Å². The number of anilines is 1. The summed E-state index contributed by atoms with van der Waals surface area (Å²) in [5.74, 6) is 0. The third-order valence-electron chi connectivity index (χ3n) is 7.05. The number of nitrogens with zero attached hydrogens (tertiary/aromatic N) is 3. The van der Waals surface area contributed by atoms with Crippen LogP contribution in [-0.4, -0.2) is 14.1 Å². The predicted octanol–water partition coefficient (Wildman–Crippen LogP) is 7.49. The van der Waals surface area contributed by atoms with Gasteiger partial charge < -0.3 is 14.9 Å². The molecule has 0 unspecified atom stereocenters. The average Bonchev–Trinajstić information content (AvgIpc) is 3.53. The Kier molecular flexibility index (Phi) is 6.96. The Morgan fingerprint density at radius 1 is 0.658 bits per heavy atom. The number of benzene rings is 4. The van der Waals surface area contributed by atoms with E-state index >= 15 is 0 Å². The van der Waals surface area contributed by atoms with E-state index in [9.17, 15) is 10.1 Å². The zero-order valence-corrected chi connectivity index (χ0v) is 21.5. The summed E-state index contributed by atoms with van der Waals surface area (Å²) in [7, 11) is 0. The fraction of sp³-hybridized carbons (Fsp3) is 0.125. The number of hydrogen-bond donors (Lipinski definition) is 1. The maximum Gasteiger partial charge on any atom is 0.273 e. The molecule has 6 heteroatoms. The third-order valence-corrected chi connectivity index (χ3v) is 7.05. The van der Waals surface area contributed by atoms with Gasteiger partial charge in [-0.25, -0.2) is 0 Å². The topological polar surface area (TPSA) is 79.0 Å². The first kappa shape index (κ1) is 24.8. The summed E-state index contributed by atoms with van der Waals surface area (Å²) in [6.45, 7) is 5.53. The van der Waals surface area contributed by atoms with Gasteiger partial charge in [-0.05, 0) is 60.9 Å². The molecule has 38 heavy (non-hydrogen) atoms. The van der Waals surface area contributed by atoms with Crippen LogP contribution in [0.1, 0.15) is 22.3 Å². The van der Waals surface area contributed by atoms with E-state index in [2.05, 4.69) is 70.8 Å². The van der Waals surface area contributed by atoms with Gasteiger partial charge in [-0.2, -0.15) is 0 Å². The second-order valence-electron chi connectivity index (χ2n) is 9.47. The molecule has 0 fully saturated rings. The highest BCUT2D eigenvalue weighted by atomic mass is 16.6. The van der Waals surface area contributed by atoms with Crippen molar-refractivity contribution in [3.8, 4) is 0 Å². The number of rotatable bonds is 5. The lowest BCUT2D eigenvalue weighted by Gasteiger charge is -2.07. The summed E-state index contributed by atoms with van der Waals surface area (Å²) in [4.78, 5) is 10.6. The molecule has 0 saturated carbocycles. The van der Waals surface area contributed by atoms with Crippen LogP contribution < -0.4 is 5.73 Å². The van der Waals surface area contributed by atoms with Crippen LogP contribution in [0.3, 0.4) is 0 Å². The quantitative estimate of drug-likeness (QED) is 0.151. The van der Waals surface area contributed by atoms with Crippen molar-refractivity contribution in [3.05, 3.63) is 142 Å². The Bertz CT molecular complexity index is 1720. The highest BCUT2D eigenvalue weighted by Crippen LogP contribution is 2.28. The number of nitrogen functional groups attached to an aromatic ring is 1. The first-order chi connectivity index (χ1) is 18.4. The highest BCUT2D eigenvalue weighted by Gasteiger charge is 2.15. The van der Waals surface area contributed by atoms with E-state index in [0.717, 1.165) is 35.2 Å². The Labute approximate surface area is 221 Å². The van der Waals surface area contributed by atoms with E-state index in [-0.39, 0.29) is 10.6 Å². The number of hydrogen-bond acceptors (Lipinski definition) is 3. The Morgan fingerprint density at radius 3 is 1.63 bits per heavy atom. The lowest BCUT2D eigenvalue weighted by molar-refractivity contribution is -0.385. The molecule has 0 aliphatic rings. The average molecular weight is 503 g/mol. The van der Waals surface area contributed by atoms with Gasteiger partial charge in [-0.3, -0.25) is 10.1 Å². The van der Waals surface area contributed by atoms with Crippen LogP contribution in [0.25, 0.3) is 21.8 Å². The number of fused-ring (bicyclic) bond motifs is 2. The lowest BCUT2D eigenvalue weighted by atomic mass is 10.1. The molecule has 0 amide bonds. The first-order valence-corrected chi connectivity index (χ1v) is 12.6. The standard InChI is InChI=1S/C16H14N2O2.C16H16N2/c1-12-14-9-10-17(11-13-5-3-2-4-6-13)16(14)8-7-15(12)18(19)20;1-12-14-9-10-18(16(14)8-7-15(12)17)11-13-5-3-2-4-6-13/h2-10H,11H2,1H3;2-10H,11,17H2,1H3. The predicted molar refractivity (Wildman–Crippen MR) is 156 cm³/mol. The second-order valence-corrected chi connectivity index (χ2v) is 9.47. The summed E-state index contributed by atoms with van der Waals surface area (Å²) in [6.07, 6.45) is 4.11. The summed E-state index contributed by atoms with van der Waals surface area (Å²) in [5.41, 5.74) is 13.6. The molecule has 190 valence electrons. The van der Waals surface area contributed by atoms with Gasteiger partial charge in [0.1, 0.15) is 0 Å². The molecule has 6 aromatic rings. The summed E-state index contributed by atoms with van der Waals surface area (Å²) in [5, 5.41) is 13.1. The van der Waals surface area contributed by atoms with Crippen molar-refractivity contribution >= 4 is 33.2 Å². The van der Waals surface area contributed by atoms with E-state index in [4.69, 9.17) is 5.73 Å². The molecular weight excluding hydrogens is 472 g/mol. The van der Waals surface area contributed by atoms with Crippen molar-refractivity contribution in [2.24, 2.45) is 0 Å². The highest BCUT2D eigenvalue weighted by molar-refractivity contribution is 5.88. The van der Waals surface area contributed by atoms with Gasteiger partial charge in [0, 0.05) is 64.6 Å². The number of aryl methyl sites for hydroxylation is 2. The molecule has 0 bridgehead atoms. The van der Waals surface area contributed by atoms with E-state index in [1.807, 2.05) is 48.7 Å². The van der Waals surface area contributed by atoms with Crippen molar-refractivity contribution in [2.45, 2.75) is 26.9 Å². The molecule has 6 rings (SSSR count). The summed E-state index contributed by atoms with van der Waals surface area (Å²) < 4.78 is 4.37. The van der Waals surface area contributed by atoms with Gasteiger partial charge in [0.2, 0.25) is 0 Å². The summed E-state index contributed by atoms with van der Waals surface area (Å²) >= 11 is 0. The smallest absolute Gasteiger partial charge is 0.273 e. The van der Waals surface area contributed by atoms with E-state index < -0.39 is 0 Å². The van der Waals surface area contributed by atoms with Gasteiger partial charge in [0.25, 0.3) is 5.69 Å². The monoisotopic (exact) mass is 502 g/mol. The molecule has 6 nitrogen and oxygen atoms in total. The molecule has 0 spiro atoms. The fourth-order valence-corrected chi connectivity index (χ4v) is 4.88. The minimum Gasteiger partial charge on any atom is -0.398 e. The molecule has 4 aromatic carbocycles. The molecule has 0 aliphatic carbocycles. The third kappa shape index (κ3) is 5.02. The zero-order chi connectivity index (χ0) is 26.6. The maximum absolute atomic E-state index is 11.0. The van der Waals surface area contributed by atoms with Gasteiger partial charge in [-0.15, -0.1) is 0 Å². The minimum atomic E-state index is -0.330. The van der Waals surface area contributed by atoms with Crippen LogP contribution in [0.2, 0.25) is 0 Å². The van der Waals surface area contributed by atoms with E-state index in [1.54, 1.807) is 13.0 Å². The van der Waals surface area contributed by atoms with Crippen molar-refractivity contribution in [1.82, 2.24) is 9.13 Å². The molecule has 0 radical (unpaired) electrons. The normalized spacial score (nSPS) is 10.9. The van der Waals surface area contributed by atoms with Crippen LogP contribution in [0.15, 0.2) is 109 Å². The number of nitro benzene ring substituents is 1. The molecule has 0 atom stereocenters. The minimum absolute atomic E-state index is 0.176. The van der Waals surface area contributed by atoms with Crippen molar-refractivity contribution < 1.29 is 4.92 Å². The SMILES string of the molecule is Cc1c(N)ccc2c1ccn2Cc1ccccc1.Cc1c([N+](=O)[O-])ccc2c1ccn2Cc1ccccc1. The summed E-state index contributed by atoms with van der Waals surface area (Å²) in [6, 6.07) is 32.2. The van der Waals surface area contributed by atoms with Gasteiger partial charge in [0.15, 0.2) is 0 Å². The maximum atomic E-state index is 11.0. The van der Waals surface area contributed by atoms with E-state index in [0.29, 0.717) is 0 Å². The Hall–Kier alpha value is -4.84. The Morgan fingerprint density at radius 2 is 1.13 bits per heavy atom. The molecule has 2 aromatic heterocycles. The van der Waals surface area contributed by atoms with Gasteiger partial charge in [0.05, 0.1) is 4.92 Å². The zero-order valence-electron chi connectivity index (χ0n) is 21.5.